The van der Waals surface area contributed by atoms with Gasteiger partial charge in [-0.05, 0) is 30.3 Å². The maximum Gasteiger partial charge on any atom is 0.269 e. The molecule has 8 heteroatoms. The number of nitro benzene ring substituents is 1. The van der Waals surface area contributed by atoms with Gasteiger partial charge in [-0.1, -0.05) is 23.7 Å². The summed E-state index contributed by atoms with van der Waals surface area (Å²) in [6.07, 6.45) is 0.852. The van der Waals surface area contributed by atoms with Gasteiger partial charge in [0.05, 0.1) is 23.3 Å². The van der Waals surface area contributed by atoms with Crippen molar-refractivity contribution in [1.29, 1.82) is 0 Å². The highest BCUT2D eigenvalue weighted by atomic mass is 35.5. The van der Waals surface area contributed by atoms with E-state index in [1.165, 1.54) is 24.5 Å². The number of hydrogen-bond donors (Lipinski definition) is 1. The number of hydrogen-bond acceptors (Lipinski definition) is 5. The molecule has 1 aliphatic rings. The predicted molar refractivity (Wildman–Crippen MR) is 99.5 cm³/mol. The van der Waals surface area contributed by atoms with Gasteiger partial charge in [-0.25, -0.2) is 0 Å². The van der Waals surface area contributed by atoms with E-state index in [1.807, 2.05) is 6.07 Å². The van der Waals surface area contributed by atoms with Crippen molar-refractivity contribution < 1.29 is 14.1 Å². The molecule has 0 saturated carbocycles. The minimum Gasteiger partial charge on any atom is -0.467 e. The summed E-state index contributed by atoms with van der Waals surface area (Å²) in [6.45, 7) is 0.191. The third-order valence-corrected chi connectivity index (χ3v) is 4.76. The lowest BCUT2D eigenvalue weighted by atomic mass is 10.0. The first-order valence-corrected chi connectivity index (χ1v) is 8.55. The number of fused-ring (bicyclic) bond motifs is 1. The molecule has 0 saturated heterocycles. The van der Waals surface area contributed by atoms with Crippen LogP contribution in [0, 0.1) is 10.1 Å². The van der Waals surface area contributed by atoms with E-state index in [0.717, 1.165) is 0 Å². The molecule has 0 unspecified atom stereocenters. The number of anilines is 1. The Morgan fingerprint density at radius 1 is 1.19 bits per heavy atom. The van der Waals surface area contributed by atoms with E-state index in [9.17, 15) is 14.9 Å². The number of rotatable bonds is 4. The second-order valence-electron chi connectivity index (χ2n) is 6.07. The Morgan fingerprint density at radius 2 is 2.00 bits per heavy atom. The predicted octanol–water partition coefficient (Wildman–Crippen LogP) is 4.61. The molecule has 27 heavy (non-hydrogen) atoms. The number of halogens is 1. The van der Waals surface area contributed by atoms with E-state index in [4.69, 9.17) is 16.0 Å². The zero-order valence-corrected chi connectivity index (χ0v) is 14.7. The zero-order valence-electron chi connectivity index (χ0n) is 14.0. The molecule has 0 fully saturated rings. The van der Waals surface area contributed by atoms with Crippen molar-refractivity contribution >= 4 is 28.9 Å². The lowest BCUT2D eigenvalue weighted by molar-refractivity contribution is -0.384. The van der Waals surface area contributed by atoms with Crippen molar-refractivity contribution in [2.75, 3.05) is 5.32 Å². The van der Waals surface area contributed by atoms with E-state index < -0.39 is 11.1 Å². The standard InChI is InChI=1S/C19H14ClN3O4/c20-16-8-7-12(23(25)26)10-15(16)18-21-17-6-2-1-5-14(17)19(24)22(18)11-13-4-3-9-27-13/h1-10,18,21H,11H2/t18-/m1/s1. The van der Waals surface area contributed by atoms with Crippen molar-refractivity contribution in [2.45, 2.75) is 12.7 Å². The molecule has 0 radical (unpaired) electrons. The first-order valence-electron chi connectivity index (χ1n) is 8.17. The van der Waals surface area contributed by atoms with Crippen molar-refractivity contribution in [3.8, 4) is 0 Å². The van der Waals surface area contributed by atoms with Crippen LogP contribution in [0.3, 0.4) is 0 Å². The van der Waals surface area contributed by atoms with E-state index in [2.05, 4.69) is 5.32 Å². The monoisotopic (exact) mass is 383 g/mol. The summed E-state index contributed by atoms with van der Waals surface area (Å²) in [5.74, 6) is 0.379. The summed E-state index contributed by atoms with van der Waals surface area (Å²) in [5.41, 5.74) is 1.51. The molecular formula is C19H14ClN3O4. The number of carbonyl (C=O) groups is 1. The quantitative estimate of drug-likeness (QED) is 0.525. The van der Waals surface area contributed by atoms with Gasteiger partial charge in [-0.2, -0.15) is 0 Å². The molecule has 1 atom stereocenters. The van der Waals surface area contributed by atoms with Gasteiger partial charge >= 0.3 is 0 Å². The molecule has 0 bridgehead atoms. The van der Waals surface area contributed by atoms with Crippen LogP contribution in [0.2, 0.25) is 5.02 Å². The van der Waals surface area contributed by atoms with Crippen LogP contribution in [0.5, 0.6) is 0 Å². The fourth-order valence-corrected chi connectivity index (χ4v) is 3.35. The number of nitro groups is 1. The van der Waals surface area contributed by atoms with Gasteiger partial charge in [-0.15, -0.1) is 0 Å². The smallest absolute Gasteiger partial charge is 0.269 e. The molecule has 0 spiro atoms. The van der Waals surface area contributed by atoms with Crippen LogP contribution in [-0.2, 0) is 6.54 Å². The molecule has 3 aromatic rings. The van der Waals surface area contributed by atoms with Crippen molar-refractivity contribution in [3.05, 3.63) is 92.9 Å². The topological polar surface area (TPSA) is 88.6 Å². The average molecular weight is 384 g/mol. The molecule has 4 rings (SSSR count). The molecule has 2 aromatic carbocycles. The van der Waals surface area contributed by atoms with Crippen molar-refractivity contribution in [2.24, 2.45) is 0 Å². The fourth-order valence-electron chi connectivity index (χ4n) is 3.13. The number of para-hydroxylation sites is 1. The van der Waals surface area contributed by atoms with Crippen LogP contribution >= 0.6 is 11.6 Å². The number of non-ortho nitro benzene ring substituents is 1. The zero-order chi connectivity index (χ0) is 19.0. The van der Waals surface area contributed by atoms with Gasteiger partial charge in [0.25, 0.3) is 11.6 Å². The number of nitrogens with zero attached hydrogens (tertiary/aromatic N) is 2. The Labute approximate surface area is 159 Å². The summed E-state index contributed by atoms with van der Waals surface area (Å²) in [7, 11) is 0. The van der Waals surface area contributed by atoms with Gasteiger partial charge in [0, 0.05) is 28.4 Å². The Hall–Kier alpha value is -3.32. The lowest BCUT2D eigenvalue weighted by Crippen LogP contribution is -2.42. The third-order valence-electron chi connectivity index (χ3n) is 4.41. The van der Waals surface area contributed by atoms with Gasteiger partial charge in [0.2, 0.25) is 0 Å². The molecule has 136 valence electrons. The van der Waals surface area contributed by atoms with Crippen LogP contribution < -0.4 is 5.32 Å². The van der Waals surface area contributed by atoms with Crippen molar-refractivity contribution in [3.63, 3.8) is 0 Å². The number of amides is 1. The Balaban J connectivity index is 1.82. The second-order valence-corrected chi connectivity index (χ2v) is 6.48. The summed E-state index contributed by atoms with van der Waals surface area (Å²) in [5, 5.41) is 14.8. The lowest BCUT2D eigenvalue weighted by Gasteiger charge is -2.38. The van der Waals surface area contributed by atoms with Gasteiger partial charge in [0.15, 0.2) is 0 Å². The largest absolute Gasteiger partial charge is 0.467 e. The first-order chi connectivity index (χ1) is 13.0. The SMILES string of the molecule is O=C1c2ccccc2N[C@@H](c2cc([N+](=O)[O-])ccc2Cl)N1Cc1ccco1. The second kappa shape index (κ2) is 6.77. The van der Waals surface area contributed by atoms with Crippen LogP contribution in [0.4, 0.5) is 11.4 Å². The van der Waals surface area contributed by atoms with E-state index in [-0.39, 0.29) is 18.1 Å². The molecule has 2 heterocycles. The third kappa shape index (κ3) is 3.13. The van der Waals surface area contributed by atoms with E-state index in [0.29, 0.717) is 27.6 Å². The number of benzene rings is 2. The van der Waals surface area contributed by atoms with Crippen LogP contribution in [0.1, 0.15) is 27.8 Å². The number of furan rings is 1. The molecular weight excluding hydrogens is 370 g/mol. The summed E-state index contributed by atoms with van der Waals surface area (Å²) in [4.78, 5) is 25.4. The molecule has 1 amide bonds. The highest BCUT2D eigenvalue weighted by molar-refractivity contribution is 6.31. The van der Waals surface area contributed by atoms with E-state index in [1.54, 1.807) is 35.2 Å². The van der Waals surface area contributed by atoms with Crippen molar-refractivity contribution in [1.82, 2.24) is 4.90 Å². The Bertz CT molecular complexity index is 1020. The van der Waals surface area contributed by atoms with Crippen LogP contribution in [0.15, 0.2) is 65.3 Å². The van der Waals surface area contributed by atoms with Crippen LogP contribution in [0.25, 0.3) is 0 Å². The Morgan fingerprint density at radius 3 is 2.74 bits per heavy atom. The first kappa shape index (κ1) is 17.1. The molecule has 1 N–H and O–H groups in total. The molecule has 1 aliphatic heterocycles. The summed E-state index contributed by atoms with van der Waals surface area (Å²) >= 11 is 6.33. The summed E-state index contributed by atoms with van der Waals surface area (Å²) in [6, 6.07) is 14.8. The molecule has 0 aliphatic carbocycles. The molecule has 7 nitrogen and oxygen atoms in total. The number of carbonyl (C=O) groups excluding carboxylic acids is 1. The highest BCUT2D eigenvalue weighted by Gasteiger charge is 2.35. The minimum atomic E-state index is -0.676. The fraction of sp³-hybridized carbons (Fsp3) is 0.105. The van der Waals surface area contributed by atoms with Gasteiger partial charge in [0.1, 0.15) is 11.9 Å². The van der Waals surface area contributed by atoms with Crippen LogP contribution in [-0.4, -0.2) is 15.7 Å². The van der Waals surface area contributed by atoms with Gasteiger partial charge < -0.3 is 14.6 Å². The average Bonchev–Trinajstić information content (AvgIpc) is 3.17. The molecule has 1 aromatic heterocycles. The minimum absolute atomic E-state index is 0.0968. The maximum absolute atomic E-state index is 13.1. The highest BCUT2D eigenvalue weighted by Crippen LogP contribution is 2.38. The van der Waals surface area contributed by atoms with Gasteiger partial charge in [-0.3, -0.25) is 14.9 Å². The summed E-state index contributed by atoms with van der Waals surface area (Å²) < 4.78 is 5.39. The van der Waals surface area contributed by atoms with E-state index >= 15 is 0 Å². The number of nitrogens with one attached hydrogen (secondary N) is 1. The normalized spacial score (nSPS) is 16.0. The Kier molecular flexibility index (Phi) is 4.29. The maximum atomic E-state index is 13.1.